The molecule has 0 spiro atoms. The van der Waals surface area contributed by atoms with E-state index in [1.807, 2.05) is 43.3 Å². The highest BCUT2D eigenvalue weighted by molar-refractivity contribution is 6.46. The summed E-state index contributed by atoms with van der Waals surface area (Å²) in [5.74, 6) is 0.429. The second-order valence-corrected chi connectivity index (χ2v) is 9.97. The molecule has 2 heterocycles. The van der Waals surface area contributed by atoms with E-state index in [2.05, 4.69) is 6.92 Å². The maximum absolute atomic E-state index is 13.6. The first kappa shape index (κ1) is 28.1. The van der Waals surface area contributed by atoms with E-state index in [0.717, 1.165) is 24.8 Å². The molecule has 8 heteroatoms. The van der Waals surface area contributed by atoms with Gasteiger partial charge >= 0.3 is 0 Å². The monoisotopic (exact) mass is 557 g/mol. The van der Waals surface area contributed by atoms with Crippen LogP contribution in [0.1, 0.15) is 55.8 Å². The largest absolute Gasteiger partial charge is 0.507 e. The Morgan fingerprint density at radius 2 is 1.68 bits per heavy atom. The topological polar surface area (TPSA) is 94.5 Å². The number of ether oxygens (including phenoxy) is 4. The van der Waals surface area contributed by atoms with Gasteiger partial charge in [-0.3, -0.25) is 9.59 Å². The Balaban J connectivity index is 1.59. The van der Waals surface area contributed by atoms with Gasteiger partial charge < -0.3 is 29.0 Å². The Morgan fingerprint density at radius 1 is 0.902 bits per heavy atom. The summed E-state index contributed by atoms with van der Waals surface area (Å²) >= 11 is 0. The number of fused-ring (bicyclic) bond motifs is 1. The molecule has 3 aromatic rings. The summed E-state index contributed by atoms with van der Waals surface area (Å²) in [6, 6.07) is 19.0. The summed E-state index contributed by atoms with van der Waals surface area (Å²) < 4.78 is 23.2. The average molecular weight is 558 g/mol. The van der Waals surface area contributed by atoms with E-state index in [0.29, 0.717) is 60.6 Å². The maximum atomic E-state index is 13.6. The van der Waals surface area contributed by atoms with Crippen LogP contribution in [0, 0.1) is 0 Å². The second-order valence-electron chi connectivity index (χ2n) is 9.97. The summed E-state index contributed by atoms with van der Waals surface area (Å²) in [5, 5.41) is 11.5. The number of hydrogen-bond acceptors (Lipinski definition) is 7. The van der Waals surface area contributed by atoms with Gasteiger partial charge in [0.05, 0.1) is 24.8 Å². The number of benzene rings is 3. The van der Waals surface area contributed by atoms with Crippen molar-refractivity contribution < 1.29 is 33.6 Å². The van der Waals surface area contributed by atoms with E-state index in [4.69, 9.17) is 18.9 Å². The molecule has 1 atom stereocenters. The normalized spacial score (nSPS) is 17.5. The van der Waals surface area contributed by atoms with Crippen molar-refractivity contribution in [2.75, 3.05) is 26.4 Å². The summed E-state index contributed by atoms with van der Waals surface area (Å²) in [6.45, 7) is 6.00. The predicted molar refractivity (Wildman–Crippen MR) is 154 cm³/mol. The Hall–Kier alpha value is -4.46. The number of carbonyl (C=O) groups is 2. The first-order chi connectivity index (χ1) is 20.0. The zero-order valence-electron chi connectivity index (χ0n) is 23.4. The van der Waals surface area contributed by atoms with Crippen molar-refractivity contribution in [2.45, 2.75) is 45.7 Å². The number of nitrogens with zero attached hydrogens (tertiary/aromatic N) is 1. The highest BCUT2D eigenvalue weighted by Gasteiger charge is 2.46. The number of likely N-dealkylation sites (tertiary alicyclic amines) is 1. The molecule has 2 aliphatic heterocycles. The average Bonchev–Trinajstić information content (AvgIpc) is 3.25. The lowest BCUT2D eigenvalue weighted by molar-refractivity contribution is -0.140. The molecule has 41 heavy (non-hydrogen) atoms. The Kier molecular flexibility index (Phi) is 8.77. The van der Waals surface area contributed by atoms with E-state index in [1.54, 1.807) is 30.3 Å². The van der Waals surface area contributed by atoms with Gasteiger partial charge in [0.1, 0.15) is 19.0 Å². The second kappa shape index (κ2) is 12.8. The third kappa shape index (κ3) is 6.01. The summed E-state index contributed by atoms with van der Waals surface area (Å²) in [5.41, 5.74) is 1.85. The zero-order valence-corrected chi connectivity index (χ0v) is 23.4. The van der Waals surface area contributed by atoms with Crippen LogP contribution in [-0.2, 0) is 16.1 Å². The van der Waals surface area contributed by atoms with Crippen LogP contribution in [0.4, 0.5) is 0 Å². The number of rotatable bonds is 11. The Bertz CT molecular complexity index is 1430. The minimum atomic E-state index is -0.850. The van der Waals surface area contributed by atoms with Crippen LogP contribution in [0.3, 0.4) is 0 Å². The fraction of sp³-hybridized carbons (Fsp3) is 0.333. The van der Waals surface area contributed by atoms with Crippen LogP contribution in [0.2, 0.25) is 0 Å². The SMILES string of the molecule is CCCCCOc1ccc([C@@H]2/C(=C(\O)c3ccc4c(c3)OCCO4)C(=O)C(=O)N2Cc2ccccc2)cc1OCC. The van der Waals surface area contributed by atoms with Gasteiger partial charge in [-0.25, -0.2) is 0 Å². The lowest BCUT2D eigenvalue weighted by Crippen LogP contribution is -2.29. The summed E-state index contributed by atoms with van der Waals surface area (Å²) in [6.07, 6.45) is 3.08. The highest BCUT2D eigenvalue weighted by Crippen LogP contribution is 2.43. The molecule has 1 N–H and O–H groups in total. The number of ketones is 1. The first-order valence-corrected chi connectivity index (χ1v) is 14.1. The van der Waals surface area contributed by atoms with Crippen LogP contribution >= 0.6 is 0 Å². The molecule has 1 saturated heterocycles. The third-order valence-corrected chi connectivity index (χ3v) is 7.14. The van der Waals surface area contributed by atoms with Gasteiger partial charge in [0, 0.05) is 12.1 Å². The molecule has 8 nitrogen and oxygen atoms in total. The lowest BCUT2D eigenvalue weighted by Gasteiger charge is -2.26. The minimum absolute atomic E-state index is 0.00155. The first-order valence-electron chi connectivity index (χ1n) is 14.1. The molecule has 214 valence electrons. The van der Waals surface area contributed by atoms with Gasteiger partial charge in [-0.1, -0.05) is 56.2 Å². The Morgan fingerprint density at radius 3 is 2.44 bits per heavy atom. The molecule has 0 unspecified atom stereocenters. The minimum Gasteiger partial charge on any atom is -0.507 e. The van der Waals surface area contributed by atoms with Crippen molar-refractivity contribution in [1.82, 2.24) is 4.90 Å². The van der Waals surface area contributed by atoms with E-state index in [-0.39, 0.29) is 17.9 Å². The van der Waals surface area contributed by atoms with Gasteiger partial charge in [0.15, 0.2) is 23.0 Å². The van der Waals surface area contributed by atoms with E-state index in [1.165, 1.54) is 4.90 Å². The highest BCUT2D eigenvalue weighted by atomic mass is 16.6. The van der Waals surface area contributed by atoms with E-state index < -0.39 is 17.7 Å². The van der Waals surface area contributed by atoms with Crippen molar-refractivity contribution >= 4 is 17.4 Å². The predicted octanol–water partition coefficient (Wildman–Crippen LogP) is 6.05. The molecule has 5 rings (SSSR count). The molecule has 0 aromatic heterocycles. The lowest BCUT2D eigenvalue weighted by atomic mass is 9.94. The molecule has 0 radical (unpaired) electrons. The fourth-order valence-electron chi connectivity index (χ4n) is 5.13. The molecule has 3 aromatic carbocycles. The van der Waals surface area contributed by atoms with Crippen LogP contribution < -0.4 is 18.9 Å². The van der Waals surface area contributed by atoms with Crippen molar-refractivity contribution in [2.24, 2.45) is 0 Å². The summed E-state index contributed by atoms with van der Waals surface area (Å²) in [7, 11) is 0. The molecule has 0 aliphatic carbocycles. The Labute approximate surface area is 240 Å². The zero-order chi connectivity index (χ0) is 28.8. The quantitative estimate of drug-likeness (QED) is 0.133. The van der Waals surface area contributed by atoms with Gasteiger partial charge in [-0.2, -0.15) is 0 Å². The van der Waals surface area contributed by atoms with Crippen LogP contribution in [0.15, 0.2) is 72.3 Å². The summed E-state index contributed by atoms with van der Waals surface area (Å²) in [4.78, 5) is 28.5. The molecule has 0 saturated carbocycles. The van der Waals surface area contributed by atoms with Crippen molar-refractivity contribution in [3.8, 4) is 23.0 Å². The molecule has 0 bridgehead atoms. The van der Waals surface area contributed by atoms with Crippen LogP contribution in [0.25, 0.3) is 5.76 Å². The van der Waals surface area contributed by atoms with Crippen LogP contribution in [-0.4, -0.2) is 48.1 Å². The van der Waals surface area contributed by atoms with Crippen molar-refractivity contribution in [1.29, 1.82) is 0 Å². The smallest absolute Gasteiger partial charge is 0.295 e. The molecular weight excluding hydrogens is 522 g/mol. The number of aliphatic hydroxyl groups excluding tert-OH is 1. The standard InChI is InChI=1S/C33H35NO7/c1-3-5-9-16-39-25-14-12-23(19-27(25)38-4-2)30-29(31(35)24-13-15-26-28(20-24)41-18-17-40-26)32(36)33(37)34(30)21-22-10-7-6-8-11-22/h6-8,10-15,19-20,30,35H,3-5,9,16-18,21H2,1-2H3/b31-29+/t30-/m1/s1. The fourth-order valence-corrected chi connectivity index (χ4v) is 5.13. The van der Waals surface area contributed by atoms with Crippen molar-refractivity contribution in [3.05, 3.63) is 89.0 Å². The number of unbranched alkanes of at least 4 members (excludes halogenated alkanes) is 2. The number of Topliss-reactive ketones (excluding diaryl/α,β-unsaturated/α-hetero) is 1. The van der Waals surface area contributed by atoms with Gasteiger partial charge in [-0.05, 0) is 54.8 Å². The molecular formula is C33H35NO7. The van der Waals surface area contributed by atoms with E-state index in [9.17, 15) is 14.7 Å². The van der Waals surface area contributed by atoms with Gasteiger partial charge in [-0.15, -0.1) is 0 Å². The van der Waals surface area contributed by atoms with Crippen molar-refractivity contribution in [3.63, 3.8) is 0 Å². The third-order valence-electron chi connectivity index (χ3n) is 7.14. The molecule has 1 amide bonds. The number of amides is 1. The van der Waals surface area contributed by atoms with Gasteiger partial charge in [0.2, 0.25) is 0 Å². The van der Waals surface area contributed by atoms with E-state index >= 15 is 0 Å². The number of hydrogen-bond donors (Lipinski definition) is 1. The molecule has 1 fully saturated rings. The van der Waals surface area contributed by atoms with Gasteiger partial charge in [0.25, 0.3) is 11.7 Å². The number of carbonyl (C=O) groups excluding carboxylic acids is 2. The number of aliphatic hydroxyl groups is 1. The molecule has 2 aliphatic rings. The maximum Gasteiger partial charge on any atom is 0.295 e. The van der Waals surface area contributed by atoms with Crippen LogP contribution in [0.5, 0.6) is 23.0 Å².